The largest absolute Gasteiger partial charge is 0.216 e. The highest BCUT2D eigenvalue weighted by molar-refractivity contribution is 8.02. The molecule has 1 aromatic heterocycles. The number of benzene rings is 2. The van der Waals surface area contributed by atoms with Gasteiger partial charge in [-0.15, -0.1) is 16.9 Å². The maximum absolute atomic E-state index is 6.26. The number of para-hydroxylation sites is 1. The molecule has 7 heteroatoms. The highest BCUT2D eigenvalue weighted by Crippen LogP contribution is 2.34. The lowest BCUT2D eigenvalue weighted by atomic mass is 9.88. The van der Waals surface area contributed by atoms with Crippen molar-refractivity contribution in [2.24, 2.45) is 0 Å². The van der Waals surface area contributed by atoms with Crippen molar-refractivity contribution >= 4 is 46.7 Å². The minimum Gasteiger partial charge on any atom is -0.216 e. The Kier molecular flexibility index (Phi) is 7.46. The highest BCUT2D eigenvalue weighted by Gasteiger charge is 2.23. The van der Waals surface area contributed by atoms with Crippen LogP contribution in [0, 0.1) is 0 Å². The van der Waals surface area contributed by atoms with Crippen molar-refractivity contribution in [1.29, 1.82) is 0 Å². The Morgan fingerprint density at radius 1 is 0.931 bits per heavy atom. The summed E-state index contributed by atoms with van der Waals surface area (Å²) in [5.74, 6) is 3.45. The summed E-state index contributed by atoms with van der Waals surface area (Å²) in [6.45, 7) is 0. The third-order valence-corrected chi connectivity index (χ3v) is 7.88. The van der Waals surface area contributed by atoms with Gasteiger partial charge >= 0.3 is 0 Å². The molecule has 29 heavy (non-hydrogen) atoms. The maximum Gasteiger partial charge on any atom is 0.209 e. The Morgan fingerprint density at radius 2 is 1.69 bits per heavy atom. The van der Waals surface area contributed by atoms with Gasteiger partial charge in [-0.05, 0) is 43.2 Å². The zero-order valence-electron chi connectivity index (χ0n) is 16.1. The van der Waals surface area contributed by atoms with Crippen molar-refractivity contribution in [1.82, 2.24) is 14.8 Å². The van der Waals surface area contributed by atoms with E-state index in [-0.39, 0.29) is 0 Å². The molecule has 1 fully saturated rings. The molecule has 3 aromatic rings. The first-order valence-electron chi connectivity index (χ1n) is 9.94. The summed E-state index contributed by atoms with van der Waals surface area (Å²) in [5.41, 5.74) is 1.09. The summed E-state index contributed by atoms with van der Waals surface area (Å²) >= 11 is 15.8. The number of hydrogen-bond donors (Lipinski definition) is 0. The van der Waals surface area contributed by atoms with E-state index in [1.807, 2.05) is 24.3 Å². The van der Waals surface area contributed by atoms with E-state index in [9.17, 15) is 0 Å². The molecule has 1 heterocycles. The molecule has 0 spiro atoms. The fraction of sp³-hybridized carbons (Fsp3) is 0.364. The Labute approximate surface area is 190 Å². The quantitative estimate of drug-likeness (QED) is 0.267. The highest BCUT2D eigenvalue weighted by atomic mass is 35.5. The monoisotopic (exact) mass is 463 g/mol. The number of nitrogens with zero attached hydrogens (tertiary/aromatic N) is 3. The molecule has 0 bridgehead atoms. The average Bonchev–Trinajstić information content (AvgIpc) is 3.19. The first-order chi connectivity index (χ1) is 14.2. The number of rotatable bonds is 7. The van der Waals surface area contributed by atoms with Crippen molar-refractivity contribution in [3.8, 4) is 5.69 Å². The van der Waals surface area contributed by atoms with Gasteiger partial charge in [0.05, 0.1) is 10.7 Å². The molecule has 0 saturated heterocycles. The number of aromatic nitrogens is 3. The van der Waals surface area contributed by atoms with Crippen LogP contribution >= 0.6 is 46.7 Å². The van der Waals surface area contributed by atoms with Gasteiger partial charge in [-0.1, -0.05) is 72.4 Å². The lowest BCUT2D eigenvalue weighted by Crippen LogP contribution is -2.12. The van der Waals surface area contributed by atoms with Crippen LogP contribution in [0.3, 0.4) is 0 Å². The Hall–Kier alpha value is -1.14. The molecule has 1 saturated carbocycles. The molecular formula is C22H23Cl2N3S2. The predicted molar refractivity (Wildman–Crippen MR) is 125 cm³/mol. The topological polar surface area (TPSA) is 30.7 Å². The molecule has 1 aliphatic rings. The summed E-state index contributed by atoms with van der Waals surface area (Å²) in [6.07, 6.45) is 6.32. The van der Waals surface area contributed by atoms with E-state index in [0.29, 0.717) is 10.9 Å². The zero-order valence-corrected chi connectivity index (χ0v) is 19.2. The average molecular weight is 464 g/mol. The van der Waals surface area contributed by atoms with Gasteiger partial charge in [-0.3, -0.25) is 0 Å². The van der Waals surface area contributed by atoms with E-state index >= 15 is 0 Å². The smallest absolute Gasteiger partial charge is 0.209 e. The Morgan fingerprint density at radius 3 is 2.48 bits per heavy atom. The molecule has 0 radical (unpaired) electrons. The van der Waals surface area contributed by atoms with Gasteiger partial charge in [-0.2, -0.15) is 0 Å². The van der Waals surface area contributed by atoms with E-state index in [2.05, 4.69) is 28.9 Å². The molecule has 2 aromatic carbocycles. The van der Waals surface area contributed by atoms with Gasteiger partial charge < -0.3 is 0 Å². The van der Waals surface area contributed by atoms with Crippen LogP contribution in [0.15, 0.2) is 58.6 Å². The fourth-order valence-electron chi connectivity index (χ4n) is 3.62. The summed E-state index contributed by atoms with van der Waals surface area (Å²) < 4.78 is 2.05. The molecule has 3 nitrogen and oxygen atoms in total. The summed E-state index contributed by atoms with van der Waals surface area (Å²) in [6, 6.07) is 15.9. The van der Waals surface area contributed by atoms with Gasteiger partial charge in [0, 0.05) is 27.3 Å². The van der Waals surface area contributed by atoms with Gasteiger partial charge in [0.25, 0.3) is 0 Å². The molecule has 0 N–H and O–H groups in total. The van der Waals surface area contributed by atoms with Gasteiger partial charge in [-0.25, -0.2) is 9.67 Å². The number of halogens is 2. The van der Waals surface area contributed by atoms with E-state index in [4.69, 9.17) is 33.3 Å². The van der Waals surface area contributed by atoms with Crippen LogP contribution in [0.4, 0.5) is 0 Å². The van der Waals surface area contributed by atoms with Crippen molar-refractivity contribution in [3.05, 3.63) is 64.4 Å². The van der Waals surface area contributed by atoms with E-state index in [1.54, 1.807) is 23.5 Å². The zero-order chi connectivity index (χ0) is 20.1. The molecule has 0 amide bonds. The second-order valence-corrected chi connectivity index (χ2v) is 10.1. The molecule has 152 valence electrons. The third-order valence-electron chi connectivity index (χ3n) is 5.05. The first kappa shape index (κ1) is 21.1. The van der Waals surface area contributed by atoms with Crippen LogP contribution in [0.25, 0.3) is 5.69 Å². The van der Waals surface area contributed by atoms with E-state index in [1.165, 1.54) is 32.1 Å². The molecule has 0 atom stereocenters. The standard InChI is InChI=1S/C22H23Cl2N3S2/c23-17-11-12-19(24)20(15-17)28-13-14-29-22-25-21(16-7-3-1-4-8-16)27(26-22)18-9-5-2-6-10-18/h2,5-6,9-12,15-16H,1,3-4,7-8,13-14H2. The molecule has 0 aliphatic heterocycles. The summed E-state index contributed by atoms with van der Waals surface area (Å²) in [4.78, 5) is 5.96. The van der Waals surface area contributed by atoms with Crippen molar-refractivity contribution in [3.63, 3.8) is 0 Å². The Balaban J connectivity index is 1.44. The van der Waals surface area contributed by atoms with Gasteiger partial charge in [0.1, 0.15) is 5.82 Å². The van der Waals surface area contributed by atoms with Crippen LogP contribution in [0.5, 0.6) is 0 Å². The minimum atomic E-state index is 0.505. The fourth-order valence-corrected chi connectivity index (χ4v) is 5.92. The first-order valence-corrected chi connectivity index (χ1v) is 12.7. The SMILES string of the molecule is Clc1ccc(Cl)c(SCCSc2nc(C3CCCCC3)n(-c3ccccc3)n2)c1. The normalized spacial score (nSPS) is 15.0. The van der Waals surface area contributed by atoms with Gasteiger partial charge in [0.2, 0.25) is 5.16 Å². The Bertz CT molecular complexity index is 940. The van der Waals surface area contributed by atoms with Crippen LogP contribution in [-0.2, 0) is 0 Å². The lowest BCUT2D eigenvalue weighted by molar-refractivity contribution is 0.422. The van der Waals surface area contributed by atoms with Crippen LogP contribution in [0.2, 0.25) is 10.0 Å². The van der Waals surface area contributed by atoms with Crippen LogP contribution in [-0.4, -0.2) is 26.3 Å². The van der Waals surface area contributed by atoms with Gasteiger partial charge in [0.15, 0.2) is 0 Å². The number of hydrogen-bond acceptors (Lipinski definition) is 4. The lowest BCUT2D eigenvalue weighted by Gasteiger charge is -2.21. The van der Waals surface area contributed by atoms with Crippen molar-refractivity contribution in [2.45, 2.75) is 48.1 Å². The van der Waals surface area contributed by atoms with Crippen LogP contribution < -0.4 is 0 Å². The molecule has 0 unspecified atom stereocenters. The molecular weight excluding hydrogens is 441 g/mol. The minimum absolute atomic E-state index is 0.505. The van der Waals surface area contributed by atoms with Crippen molar-refractivity contribution in [2.75, 3.05) is 11.5 Å². The summed E-state index contributed by atoms with van der Waals surface area (Å²) in [7, 11) is 0. The third kappa shape index (κ3) is 5.52. The number of thioether (sulfide) groups is 2. The predicted octanol–water partition coefficient (Wildman–Crippen LogP) is 7.51. The van der Waals surface area contributed by atoms with Crippen molar-refractivity contribution < 1.29 is 0 Å². The second kappa shape index (κ2) is 10.3. The second-order valence-electron chi connectivity index (χ2n) is 7.11. The van der Waals surface area contributed by atoms with E-state index < -0.39 is 0 Å². The maximum atomic E-state index is 6.26. The molecule has 4 rings (SSSR count). The van der Waals surface area contributed by atoms with Crippen LogP contribution in [0.1, 0.15) is 43.8 Å². The van der Waals surface area contributed by atoms with E-state index in [0.717, 1.165) is 38.1 Å². The molecule has 1 aliphatic carbocycles. The summed E-state index contributed by atoms with van der Waals surface area (Å²) in [5, 5.41) is 7.16.